The molecule has 3 saturated heterocycles. The lowest BCUT2D eigenvalue weighted by Crippen LogP contribution is -2.55. The van der Waals surface area contributed by atoms with Crippen molar-refractivity contribution in [3.8, 4) is 5.75 Å². The summed E-state index contributed by atoms with van der Waals surface area (Å²) in [6, 6.07) is 7.59. The van der Waals surface area contributed by atoms with Crippen molar-refractivity contribution in [1.29, 1.82) is 0 Å². The van der Waals surface area contributed by atoms with Crippen LogP contribution in [0.2, 0.25) is 0 Å². The molecule has 2 N–H and O–H groups in total. The highest BCUT2D eigenvalue weighted by Crippen LogP contribution is 2.45. The molecular weight excluding hydrogens is 410 g/mol. The Balaban J connectivity index is 1.30. The van der Waals surface area contributed by atoms with Crippen LogP contribution < -0.4 is 9.64 Å². The molecule has 3 aliphatic heterocycles. The van der Waals surface area contributed by atoms with Gasteiger partial charge in [0, 0.05) is 44.3 Å². The number of rotatable bonds is 5. The minimum atomic E-state index is -3.14. The number of piperazine rings is 1. The van der Waals surface area contributed by atoms with Crippen molar-refractivity contribution < 1.29 is 28.2 Å². The van der Waals surface area contributed by atoms with Crippen LogP contribution in [0.25, 0.3) is 0 Å². The Morgan fingerprint density at radius 2 is 1.87 bits per heavy atom. The average molecular weight is 440 g/mol. The van der Waals surface area contributed by atoms with Gasteiger partial charge in [0.15, 0.2) is 0 Å². The third-order valence-corrected chi connectivity index (χ3v) is 7.82. The minimum absolute atomic E-state index is 0.113. The summed E-state index contributed by atoms with van der Waals surface area (Å²) in [7, 11) is -3.14. The van der Waals surface area contributed by atoms with E-state index in [0.29, 0.717) is 58.5 Å². The van der Waals surface area contributed by atoms with Crippen LogP contribution in [0, 0.1) is 5.92 Å². The third kappa shape index (κ3) is 4.21. The van der Waals surface area contributed by atoms with Gasteiger partial charge in [0.05, 0.1) is 12.9 Å². The molecule has 1 amide bonds. The second kappa shape index (κ2) is 7.90. The molecule has 3 aliphatic rings. The summed E-state index contributed by atoms with van der Waals surface area (Å²) in [5.41, 5.74) is -0.238. The normalized spacial score (nSPS) is 29.8. The molecule has 10 heteroatoms. The van der Waals surface area contributed by atoms with Crippen molar-refractivity contribution in [2.75, 3.05) is 43.9 Å². The summed E-state index contributed by atoms with van der Waals surface area (Å²) in [5, 5.41) is 20.1. The molecular formula is C20H29N3O6S. The van der Waals surface area contributed by atoms with E-state index in [4.69, 9.17) is 4.74 Å². The Morgan fingerprint density at radius 3 is 2.43 bits per heavy atom. The Kier molecular flexibility index (Phi) is 5.58. The van der Waals surface area contributed by atoms with E-state index >= 15 is 0 Å². The molecule has 3 atom stereocenters. The number of carboxylic acid groups (broad SMARTS) is 1. The summed E-state index contributed by atoms with van der Waals surface area (Å²) >= 11 is 0. The van der Waals surface area contributed by atoms with Gasteiger partial charge in [0.2, 0.25) is 10.0 Å². The number of sulfonamides is 1. The van der Waals surface area contributed by atoms with Crippen LogP contribution in [-0.2, 0) is 10.0 Å². The van der Waals surface area contributed by atoms with E-state index in [1.807, 2.05) is 24.3 Å². The third-order valence-electron chi connectivity index (χ3n) is 6.51. The van der Waals surface area contributed by atoms with Gasteiger partial charge >= 0.3 is 6.09 Å². The Hall–Kier alpha value is -2.04. The second-order valence-corrected chi connectivity index (χ2v) is 10.6. The monoisotopic (exact) mass is 439 g/mol. The largest absolute Gasteiger partial charge is 0.493 e. The fourth-order valence-electron chi connectivity index (χ4n) is 5.05. The zero-order valence-electron chi connectivity index (χ0n) is 17.1. The number of piperidine rings is 1. The predicted molar refractivity (Wildman–Crippen MR) is 111 cm³/mol. The molecule has 3 unspecified atom stereocenters. The standard InChI is InChI=1S/C20H29N3O6S/c1-30(27,28)22-10-8-21(9-11-22)16-2-4-18(5-3-16)29-14-15-12-17-6-7-20(26,13-15)23(17)19(24)25/h2-5,15,17,26H,6-14H2,1H3,(H,24,25). The molecule has 166 valence electrons. The van der Waals surface area contributed by atoms with Gasteiger partial charge in [-0.05, 0) is 49.4 Å². The summed E-state index contributed by atoms with van der Waals surface area (Å²) in [6.07, 6.45) is 2.48. The van der Waals surface area contributed by atoms with E-state index < -0.39 is 21.8 Å². The van der Waals surface area contributed by atoms with E-state index in [1.165, 1.54) is 15.5 Å². The molecule has 1 aromatic carbocycles. The van der Waals surface area contributed by atoms with Gasteiger partial charge in [-0.1, -0.05) is 0 Å². The Morgan fingerprint density at radius 1 is 1.20 bits per heavy atom. The van der Waals surface area contributed by atoms with Crippen molar-refractivity contribution in [3.63, 3.8) is 0 Å². The number of carbonyl (C=O) groups is 1. The SMILES string of the molecule is CS(=O)(=O)N1CCN(c2ccc(OCC3CC4CCC(O)(C3)N4C(=O)O)cc2)CC1. The van der Waals surface area contributed by atoms with Crippen molar-refractivity contribution in [3.05, 3.63) is 24.3 Å². The quantitative estimate of drug-likeness (QED) is 0.713. The molecule has 4 rings (SSSR count). The highest BCUT2D eigenvalue weighted by atomic mass is 32.2. The van der Waals surface area contributed by atoms with Gasteiger partial charge < -0.3 is 19.8 Å². The maximum Gasteiger partial charge on any atom is 0.409 e. The number of fused-ring (bicyclic) bond motifs is 2. The van der Waals surface area contributed by atoms with Crippen molar-refractivity contribution in [1.82, 2.24) is 9.21 Å². The number of hydrogen-bond donors (Lipinski definition) is 2. The van der Waals surface area contributed by atoms with Gasteiger partial charge in [0.25, 0.3) is 0 Å². The molecule has 0 saturated carbocycles. The molecule has 3 fully saturated rings. The number of benzene rings is 1. The topological polar surface area (TPSA) is 111 Å². The van der Waals surface area contributed by atoms with Gasteiger partial charge in [-0.15, -0.1) is 0 Å². The fourth-order valence-corrected chi connectivity index (χ4v) is 5.87. The molecule has 2 bridgehead atoms. The number of amides is 1. The molecule has 0 aliphatic carbocycles. The van der Waals surface area contributed by atoms with E-state index in [0.717, 1.165) is 11.4 Å². The molecule has 0 spiro atoms. The van der Waals surface area contributed by atoms with Crippen LogP contribution in [0.3, 0.4) is 0 Å². The molecule has 9 nitrogen and oxygen atoms in total. The fraction of sp³-hybridized carbons (Fsp3) is 0.650. The number of ether oxygens (including phenoxy) is 1. The number of anilines is 1. The summed E-state index contributed by atoms with van der Waals surface area (Å²) in [4.78, 5) is 14.8. The number of hydrogen-bond acceptors (Lipinski definition) is 6. The first-order valence-electron chi connectivity index (χ1n) is 10.3. The highest BCUT2D eigenvalue weighted by Gasteiger charge is 2.53. The van der Waals surface area contributed by atoms with Crippen LogP contribution in [0.5, 0.6) is 5.75 Å². The van der Waals surface area contributed by atoms with E-state index in [1.54, 1.807) is 0 Å². The molecule has 3 heterocycles. The smallest absolute Gasteiger partial charge is 0.409 e. The van der Waals surface area contributed by atoms with Crippen molar-refractivity contribution in [2.24, 2.45) is 5.92 Å². The first kappa shape index (κ1) is 21.2. The van der Waals surface area contributed by atoms with Crippen LogP contribution in [-0.4, -0.2) is 84.7 Å². The lowest BCUT2D eigenvalue weighted by atomic mass is 9.89. The minimum Gasteiger partial charge on any atom is -0.493 e. The van der Waals surface area contributed by atoms with Crippen LogP contribution >= 0.6 is 0 Å². The molecule has 0 aromatic heterocycles. The van der Waals surface area contributed by atoms with Gasteiger partial charge in [-0.3, -0.25) is 4.90 Å². The zero-order chi connectivity index (χ0) is 21.5. The van der Waals surface area contributed by atoms with E-state index in [-0.39, 0.29) is 12.0 Å². The van der Waals surface area contributed by atoms with Crippen molar-refractivity contribution >= 4 is 21.8 Å². The average Bonchev–Trinajstić information content (AvgIpc) is 2.92. The van der Waals surface area contributed by atoms with Gasteiger partial charge in [0.1, 0.15) is 11.5 Å². The first-order valence-corrected chi connectivity index (χ1v) is 12.2. The molecule has 30 heavy (non-hydrogen) atoms. The molecule has 1 aromatic rings. The molecule has 0 radical (unpaired) electrons. The lowest BCUT2D eigenvalue weighted by Gasteiger charge is -2.42. The number of nitrogens with zero attached hydrogens (tertiary/aromatic N) is 3. The van der Waals surface area contributed by atoms with E-state index in [9.17, 15) is 23.4 Å². The van der Waals surface area contributed by atoms with Gasteiger partial charge in [-0.25, -0.2) is 13.2 Å². The maximum absolute atomic E-state index is 11.6. The lowest BCUT2D eigenvalue weighted by molar-refractivity contribution is -0.119. The summed E-state index contributed by atoms with van der Waals surface area (Å²) in [6.45, 7) is 2.70. The first-order chi connectivity index (χ1) is 14.2. The number of aliphatic hydroxyl groups is 1. The predicted octanol–water partition coefficient (Wildman–Crippen LogP) is 1.39. The highest BCUT2D eigenvalue weighted by molar-refractivity contribution is 7.88. The van der Waals surface area contributed by atoms with E-state index in [2.05, 4.69) is 4.90 Å². The van der Waals surface area contributed by atoms with Crippen molar-refractivity contribution in [2.45, 2.75) is 37.5 Å². The Bertz CT molecular complexity index is 884. The van der Waals surface area contributed by atoms with Crippen LogP contribution in [0.15, 0.2) is 24.3 Å². The van der Waals surface area contributed by atoms with Crippen LogP contribution in [0.4, 0.5) is 10.5 Å². The summed E-state index contributed by atoms with van der Waals surface area (Å²) in [5.74, 6) is 0.843. The van der Waals surface area contributed by atoms with Crippen LogP contribution in [0.1, 0.15) is 25.7 Å². The second-order valence-electron chi connectivity index (χ2n) is 8.59. The summed E-state index contributed by atoms with van der Waals surface area (Å²) < 4.78 is 30.7. The maximum atomic E-state index is 11.6. The Labute approximate surface area is 176 Å². The van der Waals surface area contributed by atoms with Gasteiger partial charge in [-0.2, -0.15) is 4.31 Å². The zero-order valence-corrected chi connectivity index (χ0v) is 17.9.